The first-order valence-corrected chi connectivity index (χ1v) is 7.88. The lowest BCUT2D eigenvalue weighted by atomic mass is 10.3. The Bertz CT molecular complexity index is 844. The van der Waals surface area contributed by atoms with E-state index in [2.05, 4.69) is 40.8 Å². The lowest BCUT2D eigenvalue weighted by Crippen LogP contribution is -2.32. The molecule has 0 aliphatic heterocycles. The van der Waals surface area contributed by atoms with Crippen molar-refractivity contribution < 1.29 is 4.79 Å². The van der Waals surface area contributed by atoms with Crippen molar-refractivity contribution in [2.24, 2.45) is 0 Å². The molecule has 124 valence electrons. The van der Waals surface area contributed by atoms with E-state index in [4.69, 9.17) is 0 Å². The molecule has 12 heteroatoms. The zero-order valence-electron chi connectivity index (χ0n) is 12.3. The van der Waals surface area contributed by atoms with E-state index in [1.165, 1.54) is 35.3 Å². The molecule has 3 aromatic heterocycles. The molecule has 1 amide bonds. The molecule has 11 nitrogen and oxygen atoms in total. The van der Waals surface area contributed by atoms with Crippen molar-refractivity contribution in [1.82, 2.24) is 45.5 Å². The van der Waals surface area contributed by atoms with Crippen LogP contribution in [-0.2, 0) is 6.54 Å². The van der Waals surface area contributed by atoms with Crippen molar-refractivity contribution in [2.75, 3.05) is 12.3 Å². The molecule has 0 radical (unpaired) electrons. The number of amides is 1. The fourth-order valence-corrected chi connectivity index (χ4v) is 2.46. The third kappa shape index (κ3) is 4.04. The van der Waals surface area contributed by atoms with Crippen molar-refractivity contribution in [1.29, 1.82) is 0 Å². The first kappa shape index (κ1) is 15.9. The predicted octanol–water partition coefficient (Wildman–Crippen LogP) is -0.950. The van der Waals surface area contributed by atoms with E-state index in [-0.39, 0.29) is 12.1 Å². The largest absolute Gasteiger partial charge is 0.351 e. The minimum absolute atomic E-state index is 0.0382. The molecule has 24 heavy (non-hydrogen) atoms. The number of aromatic nitrogens is 8. The summed E-state index contributed by atoms with van der Waals surface area (Å²) in [5, 5.41) is 17.4. The highest BCUT2D eigenvalue weighted by Gasteiger charge is 2.12. The Kier molecular flexibility index (Phi) is 4.96. The Balaban J connectivity index is 1.53. The number of hydrogen-bond acceptors (Lipinski definition) is 8. The van der Waals surface area contributed by atoms with Crippen molar-refractivity contribution in [2.45, 2.75) is 11.6 Å². The fourth-order valence-electron chi connectivity index (χ4n) is 1.82. The molecule has 0 aliphatic rings. The van der Waals surface area contributed by atoms with E-state index in [9.17, 15) is 9.59 Å². The van der Waals surface area contributed by atoms with E-state index < -0.39 is 11.5 Å². The molecule has 3 heterocycles. The van der Waals surface area contributed by atoms with E-state index in [1.54, 1.807) is 6.20 Å². The Morgan fingerprint density at radius 1 is 1.38 bits per heavy atom. The predicted molar refractivity (Wildman–Crippen MR) is 83.4 cm³/mol. The SMILES string of the molecule is O=C(NCCSc1cn[nH]n1)c1cnc(Cn2cncn2)[nH]c1=O. The summed E-state index contributed by atoms with van der Waals surface area (Å²) in [7, 11) is 0. The Morgan fingerprint density at radius 2 is 2.29 bits per heavy atom. The van der Waals surface area contributed by atoms with Gasteiger partial charge in [0.05, 0.1) is 6.20 Å². The Morgan fingerprint density at radius 3 is 3.00 bits per heavy atom. The highest BCUT2D eigenvalue weighted by Crippen LogP contribution is 2.10. The van der Waals surface area contributed by atoms with Crippen LogP contribution in [0.1, 0.15) is 16.2 Å². The second-order valence-corrected chi connectivity index (χ2v) is 5.69. The van der Waals surface area contributed by atoms with Crippen LogP contribution < -0.4 is 10.9 Å². The van der Waals surface area contributed by atoms with Crippen molar-refractivity contribution in [3.8, 4) is 0 Å². The van der Waals surface area contributed by atoms with Crippen LogP contribution in [0.4, 0.5) is 0 Å². The molecular weight excluding hydrogens is 334 g/mol. The molecule has 0 bridgehead atoms. The second kappa shape index (κ2) is 7.50. The van der Waals surface area contributed by atoms with Crippen LogP contribution in [0.3, 0.4) is 0 Å². The molecular formula is C12H13N9O2S. The average molecular weight is 347 g/mol. The molecule has 0 fully saturated rings. The number of rotatable bonds is 7. The molecule has 0 aromatic carbocycles. The topological polar surface area (TPSA) is 147 Å². The summed E-state index contributed by atoms with van der Waals surface area (Å²) in [4.78, 5) is 34.5. The minimum Gasteiger partial charge on any atom is -0.351 e. The highest BCUT2D eigenvalue weighted by molar-refractivity contribution is 7.99. The van der Waals surface area contributed by atoms with E-state index >= 15 is 0 Å². The van der Waals surface area contributed by atoms with Crippen LogP contribution in [0.5, 0.6) is 0 Å². The van der Waals surface area contributed by atoms with Gasteiger partial charge in [-0.05, 0) is 0 Å². The van der Waals surface area contributed by atoms with Crippen LogP contribution in [0.2, 0.25) is 0 Å². The summed E-state index contributed by atoms with van der Waals surface area (Å²) in [6.45, 7) is 0.655. The van der Waals surface area contributed by atoms with Gasteiger partial charge in [0.25, 0.3) is 11.5 Å². The number of nitrogens with one attached hydrogen (secondary N) is 3. The Labute approximate surface area is 139 Å². The summed E-state index contributed by atoms with van der Waals surface area (Å²) < 4.78 is 1.51. The summed E-state index contributed by atoms with van der Waals surface area (Å²) in [6.07, 6.45) is 5.74. The zero-order valence-corrected chi connectivity index (χ0v) is 13.2. The number of carbonyl (C=O) groups excluding carboxylic acids is 1. The molecule has 3 aromatic rings. The van der Waals surface area contributed by atoms with Crippen LogP contribution in [0.15, 0.2) is 34.9 Å². The summed E-state index contributed by atoms with van der Waals surface area (Å²) >= 11 is 1.44. The van der Waals surface area contributed by atoms with Crippen molar-refractivity contribution >= 4 is 17.7 Å². The van der Waals surface area contributed by atoms with Crippen LogP contribution in [0, 0.1) is 0 Å². The summed E-state index contributed by atoms with van der Waals surface area (Å²) in [6, 6.07) is 0. The van der Waals surface area contributed by atoms with Gasteiger partial charge in [0.2, 0.25) is 0 Å². The normalized spacial score (nSPS) is 10.7. The van der Waals surface area contributed by atoms with E-state index in [0.717, 1.165) is 5.03 Å². The van der Waals surface area contributed by atoms with Gasteiger partial charge in [-0.1, -0.05) is 0 Å². The third-order valence-electron chi connectivity index (χ3n) is 2.91. The van der Waals surface area contributed by atoms with Gasteiger partial charge in [0.1, 0.15) is 35.6 Å². The number of aromatic amines is 2. The van der Waals surface area contributed by atoms with Gasteiger partial charge in [-0.2, -0.15) is 15.4 Å². The average Bonchev–Trinajstić information content (AvgIpc) is 3.25. The molecule has 0 atom stereocenters. The molecule has 3 rings (SSSR count). The quantitative estimate of drug-likeness (QED) is 0.366. The first-order chi connectivity index (χ1) is 11.7. The molecule has 0 saturated heterocycles. The molecule has 0 aliphatic carbocycles. The monoisotopic (exact) mass is 347 g/mol. The van der Waals surface area contributed by atoms with Gasteiger partial charge in [0, 0.05) is 18.5 Å². The number of thioether (sulfide) groups is 1. The van der Waals surface area contributed by atoms with Crippen LogP contribution in [-0.4, -0.2) is 58.3 Å². The second-order valence-electron chi connectivity index (χ2n) is 4.58. The third-order valence-corrected chi connectivity index (χ3v) is 3.81. The molecule has 0 unspecified atom stereocenters. The first-order valence-electron chi connectivity index (χ1n) is 6.90. The standard InChI is InChI=1S/C12H13N9O2S/c22-11(14-1-2-24-10-4-16-20-19-10)8-3-15-9(18-12(8)23)5-21-7-13-6-17-21/h3-4,6-7H,1-2,5H2,(H,14,22)(H,15,18,23)(H,16,19,20). The lowest BCUT2D eigenvalue weighted by Gasteiger charge is -2.05. The maximum absolute atomic E-state index is 12.0. The van der Waals surface area contributed by atoms with Crippen molar-refractivity contribution in [3.05, 3.63) is 46.8 Å². The highest BCUT2D eigenvalue weighted by atomic mass is 32.2. The number of nitrogens with zero attached hydrogens (tertiary/aromatic N) is 6. The maximum Gasteiger partial charge on any atom is 0.263 e. The molecule has 3 N–H and O–H groups in total. The summed E-state index contributed by atoms with van der Waals surface area (Å²) in [5.74, 6) is 0.522. The zero-order chi connectivity index (χ0) is 16.8. The van der Waals surface area contributed by atoms with Crippen LogP contribution >= 0.6 is 11.8 Å². The van der Waals surface area contributed by atoms with Gasteiger partial charge in [-0.3, -0.25) is 9.59 Å². The van der Waals surface area contributed by atoms with Gasteiger partial charge < -0.3 is 10.3 Å². The molecule has 0 saturated carbocycles. The van der Waals surface area contributed by atoms with Crippen LogP contribution in [0.25, 0.3) is 0 Å². The maximum atomic E-state index is 12.0. The van der Waals surface area contributed by atoms with Gasteiger partial charge in [-0.25, -0.2) is 14.6 Å². The fraction of sp³-hybridized carbons (Fsp3) is 0.250. The molecule has 0 spiro atoms. The minimum atomic E-state index is -0.498. The summed E-state index contributed by atoms with van der Waals surface area (Å²) in [5.41, 5.74) is -0.537. The Hall–Kier alpha value is -3.02. The number of carbonyl (C=O) groups is 1. The van der Waals surface area contributed by atoms with Crippen molar-refractivity contribution in [3.63, 3.8) is 0 Å². The van der Waals surface area contributed by atoms with Gasteiger partial charge >= 0.3 is 0 Å². The lowest BCUT2D eigenvalue weighted by molar-refractivity contribution is 0.0954. The van der Waals surface area contributed by atoms with Gasteiger partial charge in [0.15, 0.2) is 0 Å². The van der Waals surface area contributed by atoms with E-state index in [1.807, 2.05) is 0 Å². The van der Waals surface area contributed by atoms with Gasteiger partial charge in [-0.15, -0.1) is 16.9 Å². The number of H-pyrrole nitrogens is 2. The smallest absolute Gasteiger partial charge is 0.263 e. The van der Waals surface area contributed by atoms with E-state index in [0.29, 0.717) is 18.1 Å². The number of hydrogen-bond donors (Lipinski definition) is 3.